The van der Waals surface area contributed by atoms with Crippen LogP contribution in [0.1, 0.15) is 6.92 Å². The zero-order chi connectivity index (χ0) is 11.5. The fraction of sp³-hybridized carbons (Fsp3) is 0.667. The Balaban J connectivity index is 2.27. The van der Waals surface area contributed by atoms with Crippen LogP contribution in [0.2, 0.25) is 0 Å². The molecule has 88 valence electrons. The van der Waals surface area contributed by atoms with E-state index in [1.165, 1.54) is 7.11 Å². The Kier molecular flexibility index (Phi) is 3.04. The molecule has 16 heavy (non-hydrogen) atoms. The van der Waals surface area contributed by atoms with Crippen molar-refractivity contribution in [2.75, 3.05) is 37.5 Å². The van der Waals surface area contributed by atoms with E-state index in [2.05, 4.69) is 15.0 Å². The normalized spacial score (nSPS) is 20.9. The molecule has 0 aliphatic carbocycles. The van der Waals surface area contributed by atoms with Gasteiger partial charge in [0.05, 0.1) is 26.4 Å². The molecule has 0 spiro atoms. The van der Waals surface area contributed by atoms with Crippen LogP contribution in [0.4, 0.5) is 11.9 Å². The second-order valence-electron chi connectivity index (χ2n) is 3.60. The van der Waals surface area contributed by atoms with Gasteiger partial charge < -0.3 is 20.1 Å². The number of hydrogen-bond acceptors (Lipinski definition) is 7. The van der Waals surface area contributed by atoms with Crippen LogP contribution >= 0.6 is 0 Å². The first-order chi connectivity index (χ1) is 7.70. The summed E-state index contributed by atoms with van der Waals surface area (Å²) in [5, 5.41) is 0. The summed E-state index contributed by atoms with van der Waals surface area (Å²) in [5.74, 6) is 0.709. The number of anilines is 2. The number of rotatable bonds is 2. The second kappa shape index (κ2) is 4.48. The monoisotopic (exact) mass is 225 g/mol. The van der Waals surface area contributed by atoms with Crippen LogP contribution in [0.15, 0.2) is 0 Å². The van der Waals surface area contributed by atoms with E-state index >= 15 is 0 Å². The number of nitrogens with two attached hydrogens (primary N) is 1. The highest BCUT2D eigenvalue weighted by atomic mass is 16.5. The zero-order valence-electron chi connectivity index (χ0n) is 9.38. The second-order valence-corrected chi connectivity index (χ2v) is 3.60. The standard InChI is InChI=1S/C9H15N5O2/c1-6-5-16-4-3-14(6)8-11-7(10)12-9(13-8)15-2/h6H,3-5H2,1-2H3,(H2,10,11,12,13). The quantitative estimate of drug-likeness (QED) is 0.738. The highest BCUT2D eigenvalue weighted by molar-refractivity contribution is 5.37. The lowest BCUT2D eigenvalue weighted by molar-refractivity contribution is 0.0980. The fourth-order valence-corrected chi connectivity index (χ4v) is 1.60. The Hall–Kier alpha value is -1.63. The Bertz CT molecular complexity index is 373. The molecule has 1 aromatic heterocycles. The molecule has 7 heteroatoms. The van der Waals surface area contributed by atoms with Crippen molar-refractivity contribution in [2.24, 2.45) is 0 Å². The van der Waals surface area contributed by atoms with Gasteiger partial charge in [0.1, 0.15) is 0 Å². The van der Waals surface area contributed by atoms with Crippen molar-refractivity contribution in [1.82, 2.24) is 15.0 Å². The molecule has 0 aromatic carbocycles. The van der Waals surface area contributed by atoms with Gasteiger partial charge >= 0.3 is 6.01 Å². The summed E-state index contributed by atoms with van der Waals surface area (Å²) >= 11 is 0. The lowest BCUT2D eigenvalue weighted by Gasteiger charge is -2.33. The van der Waals surface area contributed by atoms with Crippen LogP contribution in [0.25, 0.3) is 0 Å². The molecule has 1 aromatic rings. The van der Waals surface area contributed by atoms with Gasteiger partial charge in [-0.1, -0.05) is 0 Å². The summed E-state index contributed by atoms with van der Waals surface area (Å²) in [6, 6.07) is 0.460. The van der Waals surface area contributed by atoms with Gasteiger partial charge in [0.15, 0.2) is 0 Å². The molecule has 0 saturated carbocycles. The maximum absolute atomic E-state index is 5.59. The highest BCUT2D eigenvalue weighted by Crippen LogP contribution is 2.17. The first kappa shape index (κ1) is 10.9. The maximum Gasteiger partial charge on any atom is 0.322 e. The largest absolute Gasteiger partial charge is 0.467 e. The first-order valence-electron chi connectivity index (χ1n) is 5.10. The van der Waals surface area contributed by atoms with E-state index in [0.717, 1.165) is 6.54 Å². The Morgan fingerprint density at radius 2 is 2.25 bits per heavy atom. The van der Waals surface area contributed by atoms with E-state index in [0.29, 0.717) is 19.2 Å². The minimum absolute atomic E-state index is 0.167. The van der Waals surface area contributed by atoms with Gasteiger partial charge in [-0.3, -0.25) is 0 Å². The molecule has 1 unspecified atom stereocenters. The van der Waals surface area contributed by atoms with Crippen molar-refractivity contribution in [3.05, 3.63) is 0 Å². The molecule has 0 amide bonds. The molecule has 1 aliphatic heterocycles. The third kappa shape index (κ3) is 2.13. The molecule has 2 heterocycles. The lowest BCUT2D eigenvalue weighted by atomic mass is 10.3. The number of ether oxygens (including phenoxy) is 2. The summed E-state index contributed by atoms with van der Waals surface area (Å²) in [6.07, 6.45) is 0. The number of aromatic nitrogens is 3. The predicted octanol–water partition coefficient (Wildman–Crippen LogP) is -0.312. The topological polar surface area (TPSA) is 86.4 Å². The van der Waals surface area contributed by atoms with Crippen molar-refractivity contribution in [3.8, 4) is 6.01 Å². The van der Waals surface area contributed by atoms with Crippen molar-refractivity contribution in [1.29, 1.82) is 0 Å². The average Bonchev–Trinajstić information content (AvgIpc) is 2.28. The van der Waals surface area contributed by atoms with Gasteiger partial charge in [0.2, 0.25) is 11.9 Å². The SMILES string of the molecule is COc1nc(N)nc(N2CCOCC2C)n1. The third-order valence-electron chi connectivity index (χ3n) is 2.43. The maximum atomic E-state index is 5.59. The van der Waals surface area contributed by atoms with Gasteiger partial charge in [-0.2, -0.15) is 15.0 Å². The molecule has 0 radical (unpaired) electrons. The molecule has 2 rings (SSSR count). The average molecular weight is 225 g/mol. The van der Waals surface area contributed by atoms with E-state index in [9.17, 15) is 0 Å². The van der Waals surface area contributed by atoms with Crippen LogP contribution in [0, 0.1) is 0 Å². The van der Waals surface area contributed by atoms with E-state index in [-0.39, 0.29) is 18.0 Å². The Labute approximate surface area is 93.6 Å². The molecule has 7 nitrogen and oxygen atoms in total. The van der Waals surface area contributed by atoms with Crippen LogP contribution in [-0.4, -0.2) is 47.9 Å². The molecule has 1 fully saturated rings. The number of morpholine rings is 1. The van der Waals surface area contributed by atoms with Crippen molar-refractivity contribution in [3.63, 3.8) is 0 Å². The van der Waals surface area contributed by atoms with Gasteiger partial charge in [-0.15, -0.1) is 0 Å². The lowest BCUT2D eigenvalue weighted by Crippen LogP contribution is -2.44. The van der Waals surface area contributed by atoms with Crippen molar-refractivity contribution >= 4 is 11.9 Å². The molecule has 1 saturated heterocycles. The van der Waals surface area contributed by atoms with E-state index < -0.39 is 0 Å². The molecule has 0 bridgehead atoms. The van der Waals surface area contributed by atoms with E-state index in [1.54, 1.807) is 0 Å². The van der Waals surface area contributed by atoms with E-state index in [1.807, 2.05) is 11.8 Å². The number of nitrogens with zero attached hydrogens (tertiary/aromatic N) is 4. The van der Waals surface area contributed by atoms with Gasteiger partial charge in [0.25, 0.3) is 0 Å². The van der Waals surface area contributed by atoms with Gasteiger partial charge in [-0.25, -0.2) is 0 Å². The van der Waals surface area contributed by atoms with Crippen LogP contribution in [0.3, 0.4) is 0 Å². The summed E-state index contributed by atoms with van der Waals surface area (Å²) < 4.78 is 10.3. The van der Waals surface area contributed by atoms with Crippen LogP contribution in [0.5, 0.6) is 6.01 Å². The molecule has 1 aliphatic rings. The zero-order valence-corrected chi connectivity index (χ0v) is 9.38. The van der Waals surface area contributed by atoms with Gasteiger partial charge in [0, 0.05) is 6.54 Å². The van der Waals surface area contributed by atoms with E-state index in [4.69, 9.17) is 15.2 Å². The first-order valence-corrected chi connectivity index (χ1v) is 5.10. The number of nitrogen functional groups attached to an aromatic ring is 1. The molecule has 2 N–H and O–H groups in total. The smallest absolute Gasteiger partial charge is 0.322 e. The highest BCUT2D eigenvalue weighted by Gasteiger charge is 2.22. The molecular weight excluding hydrogens is 210 g/mol. The molecular formula is C9H15N5O2. The Morgan fingerprint density at radius 3 is 2.94 bits per heavy atom. The summed E-state index contributed by atoms with van der Waals surface area (Å²) in [6.45, 7) is 4.12. The fourth-order valence-electron chi connectivity index (χ4n) is 1.60. The predicted molar refractivity (Wildman–Crippen MR) is 58.4 cm³/mol. The third-order valence-corrected chi connectivity index (χ3v) is 2.43. The van der Waals surface area contributed by atoms with Crippen molar-refractivity contribution < 1.29 is 9.47 Å². The van der Waals surface area contributed by atoms with Crippen molar-refractivity contribution in [2.45, 2.75) is 13.0 Å². The minimum Gasteiger partial charge on any atom is -0.467 e. The minimum atomic E-state index is 0.167. The Morgan fingerprint density at radius 1 is 1.44 bits per heavy atom. The summed E-state index contributed by atoms with van der Waals surface area (Å²) in [5.41, 5.74) is 5.59. The van der Waals surface area contributed by atoms with Crippen LogP contribution in [-0.2, 0) is 4.74 Å². The van der Waals surface area contributed by atoms with Crippen LogP contribution < -0.4 is 15.4 Å². The van der Waals surface area contributed by atoms with Gasteiger partial charge in [-0.05, 0) is 6.92 Å². The molecule has 1 atom stereocenters. The summed E-state index contributed by atoms with van der Waals surface area (Å²) in [7, 11) is 1.50. The summed E-state index contributed by atoms with van der Waals surface area (Å²) in [4.78, 5) is 14.2. The number of methoxy groups -OCH3 is 1. The number of hydrogen-bond donors (Lipinski definition) is 1.